The Kier molecular flexibility index (Phi) is 3.90. The van der Waals surface area contributed by atoms with Gasteiger partial charge in [-0.15, -0.1) is 0 Å². The van der Waals surface area contributed by atoms with E-state index in [9.17, 15) is 5.11 Å². The molecule has 88 valence electrons. The third kappa shape index (κ3) is 3.15. The number of rotatable bonds is 4. The Hall–Kier alpha value is -1.65. The highest BCUT2D eigenvalue weighted by atomic mass is 35.5. The molecule has 0 spiro atoms. The van der Waals surface area contributed by atoms with Gasteiger partial charge in [0, 0.05) is 18.9 Å². The first-order valence-electron chi connectivity index (χ1n) is 5.21. The monoisotopic (exact) mass is 249 g/mol. The Bertz CT molecular complexity index is 478. The molecular formula is C12H12ClN3O. The first kappa shape index (κ1) is 11.8. The highest BCUT2D eigenvalue weighted by Crippen LogP contribution is 2.17. The summed E-state index contributed by atoms with van der Waals surface area (Å²) in [5.41, 5.74) is 0.847. The minimum absolute atomic E-state index is 0.299. The van der Waals surface area contributed by atoms with E-state index in [2.05, 4.69) is 15.3 Å². The van der Waals surface area contributed by atoms with E-state index in [1.54, 1.807) is 6.20 Å². The van der Waals surface area contributed by atoms with Gasteiger partial charge in [-0.2, -0.15) is 0 Å². The zero-order valence-corrected chi connectivity index (χ0v) is 9.80. The summed E-state index contributed by atoms with van der Waals surface area (Å²) in [6, 6.07) is 9.40. The van der Waals surface area contributed by atoms with Crippen LogP contribution in [0.25, 0.3) is 0 Å². The molecule has 1 heterocycles. The van der Waals surface area contributed by atoms with Crippen LogP contribution < -0.4 is 5.32 Å². The second kappa shape index (κ2) is 5.61. The van der Waals surface area contributed by atoms with Crippen LogP contribution in [-0.4, -0.2) is 21.6 Å². The van der Waals surface area contributed by atoms with Gasteiger partial charge in [-0.1, -0.05) is 41.9 Å². The first-order chi connectivity index (χ1) is 8.27. The minimum atomic E-state index is -0.603. The molecule has 0 radical (unpaired) electrons. The summed E-state index contributed by atoms with van der Waals surface area (Å²) < 4.78 is 0. The Morgan fingerprint density at radius 2 is 1.88 bits per heavy atom. The molecule has 0 aliphatic carbocycles. The second-order valence-electron chi connectivity index (χ2n) is 3.50. The molecule has 4 nitrogen and oxygen atoms in total. The third-order valence-electron chi connectivity index (χ3n) is 2.30. The molecule has 0 unspecified atom stereocenters. The van der Waals surface area contributed by atoms with Crippen LogP contribution >= 0.6 is 11.6 Å². The lowest BCUT2D eigenvalue weighted by Gasteiger charge is -2.12. The second-order valence-corrected chi connectivity index (χ2v) is 3.86. The number of hydrogen-bond donors (Lipinski definition) is 2. The summed E-state index contributed by atoms with van der Waals surface area (Å²) in [5.74, 6) is 0.476. The van der Waals surface area contributed by atoms with Gasteiger partial charge in [0.25, 0.3) is 0 Å². The number of aliphatic hydroxyl groups is 1. The molecule has 2 rings (SSSR count). The van der Waals surface area contributed by atoms with E-state index >= 15 is 0 Å². The van der Waals surface area contributed by atoms with Crippen molar-refractivity contribution in [1.29, 1.82) is 0 Å². The number of aliphatic hydroxyl groups excluding tert-OH is 1. The molecule has 0 aliphatic heterocycles. The van der Waals surface area contributed by atoms with Crippen LogP contribution in [0.2, 0.25) is 5.15 Å². The van der Waals surface area contributed by atoms with Crippen molar-refractivity contribution in [3.8, 4) is 0 Å². The van der Waals surface area contributed by atoms with Gasteiger partial charge in [0.2, 0.25) is 0 Å². The van der Waals surface area contributed by atoms with Crippen molar-refractivity contribution >= 4 is 17.4 Å². The fraction of sp³-hybridized carbons (Fsp3) is 0.167. The van der Waals surface area contributed by atoms with Crippen molar-refractivity contribution in [3.63, 3.8) is 0 Å². The number of nitrogens with one attached hydrogen (secondary N) is 1. The van der Waals surface area contributed by atoms with Crippen molar-refractivity contribution in [1.82, 2.24) is 9.97 Å². The van der Waals surface area contributed by atoms with Gasteiger partial charge in [-0.3, -0.25) is 0 Å². The lowest BCUT2D eigenvalue weighted by molar-refractivity contribution is 0.191. The molecule has 0 bridgehead atoms. The topological polar surface area (TPSA) is 58.0 Å². The largest absolute Gasteiger partial charge is 0.387 e. The smallest absolute Gasteiger partial charge is 0.171 e. The fourth-order valence-corrected chi connectivity index (χ4v) is 1.60. The lowest BCUT2D eigenvalue weighted by atomic mass is 10.1. The Balaban J connectivity index is 1.97. The molecule has 0 saturated heterocycles. The normalized spacial score (nSPS) is 12.1. The van der Waals surface area contributed by atoms with Crippen LogP contribution in [0.15, 0.2) is 42.7 Å². The van der Waals surface area contributed by atoms with E-state index < -0.39 is 6.10 Å². The number of halogens is 1. The standard InChI is InChI=1S/C12H12ClN3O/c13-11-12(15-7-6-14-11)16-8-10(17)9-4-2-1-3-5-9/h1-7,10,17H,8H2,(H,15,16)/t10-/m1/s1. The third-order valence-corrected chi connectivity index (χ3v) is 2.58. The maximum absolute atomic E-state index is 9.92. The van der Waals surface area contributed by atoms with E-state index in [4.69, 9.17) is 11.6 Å². The van der Waals surface area contributed by atoms with Crippen LogP contribution in [0.3, 0.4) is 0 Å². The molecule has 1 atom stereocenters. The number of benzene rings is 1. The average Bonchev–Trinajstić information content (AvgIpc) is 2.38. The van der Waals surface area contributed by atoms with Crippen LogP contribution in [0.1, 0.15) is 11.7 Å². The maximum Gasteiger partial charge on any atom is 0.171 e. The van der Waals surface area contributed by atoms with E-state index in [1.807, 2.05) is 30.3 Å². The number of nitrogens with zero attached hydrogens (tertiary/aromatic N) is 2. The molecule has 1 aromatic heterocycles. The number of aromatic nitrogens is 2. The predicted molar refractivity (Wildman–Crippen MR) is 66.9 cm³/mol. The molecule has 0 aliphatic rings. The lowest BCUT2D eigenvalue weighted by Crippen LogP contribution is -2.13. The molecule has 0 saturated carbocycles. The van der Waals surface area contributed by atoms with Gasteiger partial charge in [0.1, 0.15) is 0 Å². The van der Waals surface area contributed by atoms with Gasteiger partial charge >= 0.3 is 0 Å². The molecular weight excluding hydrogens is 238 g/mol. The molecule has 2 aromatic rings. The summed E-state index contributed by atoms with van der Waals surface area (Å²) in [5, 5.41) is 13.2. The van der Waals surface area contributed by atoms with E-state index in [0.29, 0.717) is 17.5 Å². The summed E-state index contributed by atoms with van der Waals surface area (Å²) >= 11 is 5.84. The Morgan fingerprint density at radius 1 is 1.18 bits per heavy atom. The Labute approximate surface area is 104 Å². The van der Waals surface area contributed by atoms with Gasteiger partial charge in [-0.25, -0.2) is 9.97 Å². The summed E-state index contributed by atoms with van der Waals surface area (Å²) in [4.78, 5) is 7.92. The summed E-state index contributed by atoms with van der Waals surface area (Å²) in [6.07, 6.45) is 2.46. The fourth-order valence-electron chi connectivity index (χ4n) is 1.43. The summed E-state index contributed by atoms with van der Waals surface area (Å²) in [7, 11) is 0. The summed E-state index contributed by atoms with van der Waals surface area (Å²) in [6.45, 7) is 0.336. The van der Waals surface area contributed by atoms with Gasteiger partial charge in [-0.05, 0) is 5.56 Å². The number of anilines is 1. The van der Waals surface area contributed by atoms with Gasteiger partial charge in [0.15, 0.2) is 11.0 Å². The predicted octanol–water partition coefficient (Wildman–Crippen LogP) is 2.28. The van der Waals surface area contributed by atoms with Crippen molar-refractivity contribution in [3.05, 3.63) is 53.4 Å². The average molecular weight is 250 g/mol. The van der Waals surface area contributed by atoms with Gasteiger partial charge in [0.05, 0.1) is 6.10 Å². The van der Waals surface area contributed by atoms with Crippen molar-refractivity contribution in [2.24, 2.45) is 0 Å². The maximum atomic E-state index is 9.92. The van der Waals surface area contributed by atoms with E-state index in [1.165, 1.54) is 6.20 Å². The molecule has 0 amide bonds. The van der Waals surface area contributed by atoms with Crippen LogP contribution in [0.5, 0.6) is 0 Å². The molecule has 1 aromatic carbocycles. The molecule has 5 heteroatoms. The minimum Gasteiger partial charge on any atom is -0.387 e. The van der Waals surface area contributed by atoms with Crippen LogP contribution in [0, 0.1) is 0 Å². The van der Waals surface area contributed by atoms with Crippen LogP contribution in [0.4, 0.5) is 5.82 Å². The molecule has 17 heavy (non-hydrogen) atoms. The van der Waals surface area contributed by atoms with Crippen LogP contribution in [-0.2, 0) is 0 Å². The molecule has 2 N–H and O–H groups in total. The number of hydrogen-bond acceptors (Lipinski definition) is 4. The highest BCUT2D eigenvalue weighted by Gasteiger charge is 2.08. The van der Waals surface area contributed by atoms with Crippen molar-refractivity contribution < 1.29 is 5.11 Å². The molecule has 0 fully saturated rings. The van der Waals surface area contributed by atoms with E-state index in [0.717, 1.165) is 5.56 Å². The zero-order valence-electron chi connectivity index (χ0n) is 9.05. The quantitative estimate of drug-likeness (QED) is 0.873. The Morgan fingerprint density at radius 3 is 2.59 bits per heavy atom. The highest BCUT2D eigenvalue weighted by molar-refractivity contribution is 6.31. The van der Waals surface area contributed by atoms with E-state index in [-0.39, 0.29) is 0 Å². The van der Waals surface area contributed by atoms with Gasteiger partial charge < -0.3 is 10.4 Å². The first-order valence-corrected chi connectivity index (χ1v) is 5.58. The SMILES string of the molecule is O[C@H](CNc1nccnc1Cl)c1ccccc1. The zero-order chi connectivity index (χ0) is 12.1. The van der Waals surface area contributed by atoms with Crippen molar-refractivity contribution in [2.45, 2.75) is 6.10 Å². The van der Waals surface area contributed by atoms with Crippen molar-refractivity contribution in [2.75, 3.05) is 11.9 Å².